The maximum Gasteiger partial charge on any atom is 0.347 e. The zero-order valence-electron chi connectivity index (χ0n) is 10.6. The molecule has 1 aromatic heterocycles. The maximum absolute atomic E-state index is 11.4. The number of nitrogens with zero attached hydrogens (tertiary/aromatic N) is 2. The summed E-state index contributed by atoms with van der Waals surface area (Å²) < 4.78 is 1.67. The van der Waals surface area contributed by atoms with Crippen molar-refractivity contribution < 1.29 is 0 Å². The molecular weight excluding hydrogens is 202 g/mol. The third kappa shape index (κ3) is 4.57. The summed E-state index contributed by atoms with van der Waals surface area (Å²) >= 11 is 0. The molecule has 0 aliphatic heterocycles. The van der Waals surface area contributed by atoms with E-state index in [9.17, 15) is 4.79 Å². The Morgan fingerprint density at radius 3 is 2.75 bits per heavy atom. The van der Waals surface area contributed by atoms with Crippen LogP contribution in [-0.2, 0) is 6.54 Å². The minimum Gasteiger partial charge on any atom is -0.312 e. The molecule has 4 heteroatoms. The Balaban J connectivity index is 2.43. The van der Waals surface area contributed by atoms with Gasteiger partial charge in [-0.25, -0.2) is 9.78 Å². The first-order valence-electron chi connectivity index (χ1n) is 5.66. The highest BCUT2D eigenvalue weighted by atomic mass is 16.1. The van der Waals surface area contributed by atoms with E-state index in [4.69, 9.17) is 0 Å². The summed E-state index contributed by atoms with van der Waals surface area (Å²) in [6.07, 6.45) is 4.39. The molecule has 0 saturated heterocycles. The van der Waals surface area contributed by atoms with Gasteiger partial charge in [-0.2, -0.15) is 0 Å². The first-order chi connectivity index (χ1) is 7.38. The summed E-state index contributed by atoms with van der Waals surface area (Å²) in [5.41, 5.74) is 0.986. The van der Waals surface area contributed by atoms with Crippen LogP contribution in [0.3, 0.4) is 0 Å². The second kappa shape index (κ2) is 5.25. The van der Waals surface area contributed by atoms with Crippen LogP contribution in [0.2, 0.25) is 0 Å². The molecule has 0 aromatic carbocycles. The second-order valence-corrected chi connectivity index (χ2v) is 5.14. The van der Waals surface area contributed by atoms with Crippen LogP contribution in [-0.4, -0.2) is 21.6 Å². The molecule has 0 fully saturated rings. The van der Waals surface area contributed by atoms with Crippen LogP contribution >= 0.6 is 0 Å². The Labute approximate surface area is 96.7 Å². The quantitative estimate of drug-likeness (QED) is 0.783. The molecule has 0 aliphatic rings. The fraction of sp³-hybridized carbons (Fsp3) is 0.667. The molecule has 0 saturated carbocycles. The predicted molar refractivity (Wildman–Crippen MR) is 65.6 cm³/mol. The van der Waals surface area contributed by atoms with Gasteiger partial charge in [-0.05, 0) is 46.2 Å². The van der Waals surface area contributed by atoms with Crippen molar-refractivity contribution >= 4 is 0 Å². The summed E-state index contributed by atoms with van der Waals surface area (Å²) in [6, 6.07) is 0. The van der Waals surface area contributed by atoms with Gasteiger partial charge in [0.2, 0.25) is 0 Å². The lowest BCUT2D eigenvalue weighted by atomic mass is 10.1. The Morgan fingerprint density at radius 2 is 2.12 bits per heavy atom. The molecular formula is C12H21N3O. The van der Waals surface area contributed by atoms with Crippen LogP contribution in [0.5, 0.6) is 0 Å². The highest BCUT2D eigenvalue weighted by molar-refractivity contribution is 4.99. The Hall–Kier alpha value is -1.16. The number of rotatable bonds is 4. The summed E-state index contributed by atoms with van der Waals surface area (Å²) in [5, 5.41) is 3.39. The zero-order chi connectivity index (χ0) is 12.2. The van der Waals surface area contributed by atoms with Gasteiger partial charge < -0.3 is 5.32 Å². The van der Waals surface area contributed by atoms with Gasteiger partial charge in [0.05, 0.1) is 0 Å². The third-order valence-corrected chi connectivity index (χ3v) is 2.21. The number of aromatic nitrogens is 2. The number of aryl methyl sites for hydroxylation is 2. The van der Waals surface area contributed by atoms with E-state index in [1.807, 2.05) is 13.1 Å². The van der Waals surface area contributed by atoms with E-state index in [1.54, 1.807) is 10.8 Å². The highest BCUT2D eigenvalue weighted by Gasteiger charge is 2.07. The summed E-state index contributed by atoms with van der Waals surface area (Å²) in [4.78, 5) is 15.2. The van der Waals surface area contributed by atoms with Crippen molar-refractivity contribution in [2.24, 2.45) is 0 Å². The molecule has 1 aromatic rings. The summed E-state index contributed by atoms with van der Waals surface area (Å²) in [7, 11) is 0. The number of hydrogen-bond acceptors (Lipinski definition) is 3. The van der Waals surface area contributed by atoms with E-state index in [0.29, 0.717) is 0 Å². The van der Waals surface area contributed by atoms with Gasteiger partial charge >= 0.3 is 5.69 Å². The highest BCUT2D eigenvalue weighted by Crippen LogP contribution is 1.98. The minimum atomic E-state index is -0.165. The molecule has 0 unspecified atom stereocenters. The smallest absolute Gasteiger partial charge is 0.312 e. The van der Waals surface area contributed by atoms with Gasteiger partial charge in [-0.15, -0.1) is 0 Å². The van der Waals surface area contributed by atoms with E-state index in [-0.39, 0.29) is 11.2 Å². The van der Waals surface area contributed by atoms with Gasteiger partial charge in [0.25, 0.3) is 0 Å². The zero-order valence-corrected chi connectivity index (χ0v) is 10.6. The van der Waals surface area contributed by atoms with Crippen LogP contribution in [0, 0.1) is 6.92 Å². The van der Waals surface area contributed by atoms with Crippen LogP contribution in [0.15, 0.2) is 17.2 Å². The van der Waals surface area contributed by atoms with Crippen molar-refractivity contribution in [2.45, 2.75) is 46.2 Å². The van der Waals surface area contributed by atoms with E-state index < -0.39 is 0 Å². The monoisotopic (exact) mass is 223 g/mol. The molecule has 90 valence electrons. The summed E-state index contributed by atoms with van der Waals surface area (Å²) in [5.74, 6) is 0. The van der Waals surface area contributed by atoms with Crippen LogP contribution in [0.4, 0.5) is 0 Å². The number of nitrogens with one attached hydrogen (secondary N) is 1. The molecule has 1 N–H and O–H groups in total. The molecule has 0 aliphatic carbocycles. The first-order valence-corrected chi connectivity index (χ1v) is 5.66. The largest absolute Gasteiger partial charge is 0.347 e. The lowest BCUT2D eigenvalue weighted by Gasteiger charge is -2.20. The molecule has 0 amide bonds. The fourth-order valence-electron chi connectivity index (χ4n) is 1.44. The minimum absolute atomic E-state index is 0.135. The van der Waals surface area contributed by atoms with E-state index >= 15 is 0 Å². The topological polar surface area (TPSA) is 46.9 Å². The molecule has 0 spiro atoms. The van der Waals surface area contributed by atoms with Crippen LogP contribution < -0.4 is 11.0 Å². The van der Waals surface area contributed by atoms with Crippen molar-refractivity contribution in [1.82, 2.24) is 14.9 Å². The lowest BCUT2D eigenvalue weighted by Crippen LogP contribution is -2.37. The van der Waals surface area contributed by atoms with Crippen LogP contribution in [0.25, 0.3) is 0 Å². The standard InChI is InChI=1S/C12H21N3O/c1-10-8-13-11(16)15(9-10)7-5-6-14-12(2,3)4/h8-9,14H,5-7H2,1-4H3. The van der Waals surface area contributed by atoms with E-state index in [0.717, 1.165) is 25.1 Å². The van der Waals surface area contributed by atoms with Gasteiger partial charge in [0.15, 0.2) is 0 Å². The predicted octanol–water partition coefficient (Wildman–Crippen LogP) is 1.33. The molecule has 16 heavy (non-hydrogen) atoms. The SMILES string of the molecule is Cc1cnc(=O)n(CCCNC(C)(C)C)c1. The normalized spacial score (nSPS) is 11.8. The summed E-state index contributed by atoms with van der Waals surface area (Å²) in [6.45, 7) is 9.96. The maximum atomic E-state index is 11.4. The molecule has 4 nitrogen and oxygen atoms in total. The van der Waals surface area contributed by atoms with E-state index in [1.165, 1.54) is 0 Å². The fourth-order valence-corrected chi connectivity index (χ4v) is 1.44. The van der Waals surface area contributed by atoms with Gasteiger partial charge in [0, 0.05) is 24.5 Å². The number of hydrogen-bond donors (Lipinski definition) is 1. The van der Waals surface area contributed by atoms with Crippen molar-refractivity contribution in [3.8, 4) is 0 Å². The van der Waals surface area contributed by atoms with Crippen molar-refractivity contribution in [1.29, 1.82) is 0 Å². The Bertz CT molecular complexity index is 390. The van der Waals surface area contributed by atoms with Crippen molar-refractivity contribution in [3.05, 3.63) is 28.4 Å². The first kappa shape index (κ1) is 12.9. The van der Waals surface area contributed by atoms with E-state index in [2.05, 4.69) is 31.1 Å². The van der Waals surface area contributed by atoms with Gasteiger partial charge in [0.1, 0.15) is 0 Å². The molecule has 0 atom stereocenters. The van der Waals surface area contributed by atoms with Crippen LogP contribution in [0.1, 0.15) is 32.8 Å². The molecule has 0 radical (unpaired) electrons. The Morgan fingerprint density at radius 1 is 1.44 bits per heavy atom. The molecule has 1 rings (SSSR count). The third-order valence-electron chi connectivity index (χ3n) is 2.21. The Kier molecular flexibility index (Phi) is 4.24. The average Bonchev–Trinajstić information content (AvgIpc) is 2.16. The van der Waals surface area contributed by atoms with Crippen molar-refractivity contribution in [3.63, 3.8) is 0 Å². The van der Waals surface area contributed by atoms with Gasteiger partial charge in [-0.3, -0.25) is 4.57 Å². The lowest BCUT2D eigenvalue weighted by molar-refractivity contribution is 0.411. The molecule has 1 heterocycles. The average molecular weight is 223 g/mol. The van der Waals surface area contributed by atoms with Gasteiger partial charge in [-0.1, -0.05) is 0 Å². The second-order valence-electron chi connectivity index (χ2n) is 5.14. The van der Waals surface area contributed by atoms with Crippen molar-refractivity contribution in [2.75, 3.05) is 6.54 Å². The molecule has 0 bridgehead atoms.